The minimum atomic E-state index is 0.852. The highest BCUT2D eigenvalue weighted by molar-refractivity contribution is 5.50. The Morgan fingerprint density at radius 2 is 2.30 bits per heavy atom. The van der Waals surface area contributed by atoms with Crippen LogP contribution >= 0.6 is 0 Å². The molecular formula is C10H14. The molecule has 0 aromatic heterocycles. The minimum Gasteiger partial charge on any atom is -0.0651 e. The fraction of sp³-hybridized carbons (Fsp3) is 0.600. The molecule has 0 aliphatic heterocycles. The average Bonchev–Trinajstić information content (AvgIpc) is 2.05. The molecule has 2 rings (SSSR count). The van der Waals surface area contributed by atoms with E-state index in [2.05, 4.69) is 26.0 Å². The zero-order valence-corrected chi connectivity index (χ0v) is 6.72. The van der Waals surface area contributed by atoms with Crippen molar-refractivity contribution in [1.29, 1.82) is 0 Å². The lowest BCUT2D eigenvalue weighted by Gasteiger charge is -2.14. The molecule has 0 nitrogen and oxygen atoms in total. The van der Waals surface area contributed by atoms with Gasteiger partial charge in [0.25, 0.3) is 0 Å². The molecule has 1 saturated carbocycles. The molecule has 0 spiro atoms. The Labute approximate surface area is 62.6 Å². The van der Waals surface area contributed by atoms with E-state index in [4.69, 9.17) is 0 Å². The minimum absolute atomic E-state index is 0.852. The van der Waals surface area contributed by atoms with Gasteiger partial charge >= 0.3 is 0 Å². The Balaban J connectivity index is 2.17. The van der Waals surface area contributed by atoms with E-state index in [1.54, 1.807) is 11.1 Å². The first-order valence-electron chi connectivity index (χ1n) is 4.24. The van der Waals surface area contributed by atoms with Crippen LogP contribution in [0, 0.1) is 11.8 Å². The molecule has 2 unspecified atom stereocenters. The van der Waals surface area contributed by atoms with Crippen molar-refractivity contribution < 1.29 is 0 Å². The van der Waals surface area contributed by atoms with Gasteiger partial charge in [0.1, 0.15) is 0 Å². The van der Waals surface area contributed by atoms with Crippen molar-refractivity contribution in [2.75, 3.05) is 0 Å². The number of hydrogen-bond acceptors (Lipinski definition) is 0. The summed E-state index contributed by atoms with van der Waals surface area (Å²) in [5, 5.41) is 0. The monoisotopic (exact) mass is 134 g/mol. The number of allylic oxidation sites excluding steroid dienone is 4. The van der Waals surface area contributed by atoms with Gasteiger partial charge < -0.3 is 0 Å². The summed E-state index contributed by atoms with van der Waals surface area (Å²) in [6, 6.07) is 0. The van der Waals surface area contributed by atoms with Crippen molar-refractivity contribution >= 4 is 0 Å². The molecule has 0 N–H and O–H groups in total. The van der Waals surface area contributed by atoms with Crippen LogP contribution < -0.4 is 0 Å². The number of rotatable bonds is 1. The van der Waals surface area contributed by atoms with Crippen LogP contribution in [-0.2, 0) is 0 Å². The predicted octanol–water partition coefficient (Wildman–Crippen LogP) is 2.92. The highest BCUT2D eigenvalue weighted by Crippen LogP contribution is 2.45. The molecule has 10 heavy (non-hydrogen) atoms. The van der Waals surface area contributed by atoms with Gasteiger partial charge in [-0.3, -0.25) is 0 Å². The maximum absolute atomic E-state index is 2.36. The third-order valence-electron chi connectivity index (χ3n) is 3.04. The van der Waals surface area contributed by atoms with Crippen LogP contribution in [0.2, 0.25) is 0 Å². The molecule has 0 aromatic carbocycles. The summed E-state index contributed by atoms with van der Waals surface area (Å²) >= 11 is 0. The van der Waals surface area contributed by atoms with Crippen LogP contribution in [0.1, 0.15) is 26.7 Å². The summed E-state index contributed by atoms with van der Waals surface area (Å²) in [7, 11) is 0. The first-order valence-corrected chi connectivity index (χ1v) is 4.24. The molecule has 2 aliphatic rings. The molecule has 0 heterocycles. The van der Waals surface area contributed by atoms with E-state index in [9.17, 15) is 0 Å². The normalized spacial score (nSPS) is 36.2. The molecule has 0 bridgehead atoms. The third kappa shape index (κ3) is 0.622. The van der Waals surface area contributed by atoms with Crippen LogP contribution in [-0.4, -0.2) is 0 Å². The second-order valence-corrected chi connectivity index (χ2v) is 3.48. The Morgan fingerprint density at radius 1 is 1.50 bits per heavy atom. The fourth-order valence-corrected chi connectivity index (χ4v) is 2.14. The first kappa shape index (κ1) is 6.21. The van der Waals surface area contributed by atoms with Crippen molar-refractivity contribution in [2.45, 2.75) is 26.7 Å². The predicted molar refractivity (Wildman–Crippen MR) is 43.7 cm³/mol. The Bertz CT molecular complexity index is 208. The van der Waals surface area contributed by atoms with E-state index in [1.807, 2.05) is 0 Å². The van der Waals surface area contributed by atoms with E-state index in [1.165, 1.54) is 12.8 Å². The van der Waals surface area contributed by atoms with Gasteiger partial charge in [-0.15, -0.1) is 0 Å². The van der Waals surface area contributed by atoms with Crippen molar-refractivity contribution in [3.63, 3.8) is 0 Å². The third-order valence-corrected chi connectivity index (χ3v) is 3.04. The summed E-state index contributed by atoms with van der Waals surface area (Å²) in [5.41, 5.74) is 3.28. The molecular weight excluding hydrogens is 120 g/mol. The maximum atomic E-state index is 2.36. The quantitative estimate of drug-likeness (QED) is 0.517. The van der Waals surface area contributed by atoms with Gasteiger partial charge in [0.15, 0.2) is 0 Å². The maximum Gasteiger partial charge on any atom is -0.0156 e. The summed E-state index contributed by atoms with van der Waals surface area (Å²) in [4.78, 5) is 0. The molecule has 2 atom stereocenters. The SMILES string of the molecule is CCC1CC2=CC=C2C1C. The number of hydrogen-bond donors (Lipinski definition) is 0. The van der Waals surface area contributed by atoms with E-state index in [0.29, 0.717) is 0 Å². The summed E-state index contributed by atoms with van der Waals surface area (Å²) in [6.45, 7) is 4.66. The van der Waals surface area contributed by atoms with Gasteiger partial charge in [-0.25, -0.2) is 0 Å². The summed E-state index contributed by atoms with van der Waals surface area (Å²) in [6.07, 6.45) is 7.26. The number of fused-ring (bicyclic) bond motifs is 1. The second kappa shape index (κ2) is 1.98. The lowest BCUT2D eigenvalue weighted by Crippen LogP contribution is -2.03. The molecule has 1 fully saturated rings. The molecule has 0 heteroatoms. The Kier molecular flexibility index (Phi) is 1.23. The van der Waals surface area contributed by atoms with Gasteiger partial charge in [0, 0.05) is 0 Å². The molecule has 54 valence electrons. The lowest BCUT2D eigenvalue weighted by molar-refractivity contribution is 0.441. The van der Waals surface area contributed by atoms with Crippen LogP contribution in [0.4, 0.5) is 0 Å². The van der Waals surface area contributed by atoms with Crippen molar-refractivity contribution in [3.05, 3.63) is 23.3 Å². The highest BCUT2D eigenvalue weighted by Gasteiger charge is 2.32. The van der Waals surface area contributed by atoms with Crippen molar-refractivity contribution in [2.24, 2.45) is 11.8 Å². The van der Waals surface area contributed by atoms with Crippen LogP contribution in [0.3, 0.4) is 0 Å². The topological polar surface area (TPSA) is 0 Å². The highest BCUT2D eigenvalue weighted by atomic mass is 14.4. The smallest absolute Gasteiger partial charge is 0.0156 e. The second-order valence-electron chi connectivity index (χ2n) is 3.48. The molecule has 0 radical (unpaired) electrons. The van der Waals surface area contributed by atoms with Gasteiger partial charge in [-0.05, 0) is 29.4 Å². The lowest BCUT2D eigenvalue weighted by atomic mass is 9.91. The van der Waals surface area contributed by atoms with Crippen molar-refractivity contribution in [1.82, 2.24) is 0 Å². The van der Waals surface area contributed by atoms with Gasteiger partial charge in [-0.1, -0.05) is 32.4 Å². The largest absolute Gasteiger partial charge is 0.0651 e. The molecule has 2 aliphatic carbocycles. The standard InChI is InChI=1S/C10H14/c1-3-8-6-9-4-5-10(9)7(8)2/h4-5,7-8H,3,6H2,1-2H3. The molecule has 0 amide bonds. The first-order chi connectivity index (χ1) is 4.83. The van der Waals surface area contributed by atoms with Gasteiger partial charge in [0.05, 0.1) is 0 Å². The van der Waals surface area contributed by atoms with Crippen LogP contribution in [0.15, 0.2) is 23.3 Å². The average molecular weight is 134 g/mol. The molecule has 0 aromatic rings. The van der Waals surface area contributed by atoms with E-state index in [0.717, 1.165) is 11.8 Å². The van der Waals surface area contributed by atoms with Gasteiger partial charge in [-0.2, -0.15) is 0 Å². The fourth-order valence-electron chi connectivity index (χ4n) is 2.14. The van der Waals surface area contributed by atoms with E-state index in [-0.39, 0.29) is 0 Å². The Morgan fingerprint density at radius 3 is 2.60 bits per heavy atom. The molecule has 0 saturated heterocycles. The van der Waals surface area contributed by atoms with Crippen LogP contribution in [0.25, 0.3) is 0 Å². The zero-order valence-electron chi connectivity index (χ0n) is 6.72. The van der Waals surface area contributed by atoms with E-state index < -0.39 is 0 Å². The Hall–Kier alpha value is -0.520. The summed E-state index contributed by atoms with van der Waals surface area (Å²) < 4.78 is 0. The van der Waals surface area contributed by atoms with E-state index >= 15 is 0 Å². The van der Waals surface area contributed by atoms with Gasteiger partial charge in [0.2, 0.25) is 0 Å². The summed E-state index contributed by atoms with van der Waals surface area (Å²) in [5.74, 6) is 1.80. The van der Waals surface area contributed by atoms with Crippen LogP contribution in [0.5, 0.6) is 0 Å². The van der Waals surface area contributed by atoms with Crippen molar-refractivity contribution in [3.8, 4) is 0 Å². The zero-order chi connectivity index (χ0) is 7.14.